The number of Topliss-reactive ketones (excluding diaryl/α,β-unsaturated/α-hetero) is 1. The highest BCUT2D eigenvalue weighted by molar-refractivity contribution is 6.01. The van der Waals surface area contributed by atoms with Gasteiger partial charge in [-0.15, -0.1) is 0 Å². The molecule has 1 aliphatic rings. The maximum Gasteiger partial charge on any atom is 0.303 e. The summed E-state index contributed by atoms with van der Waals surface area (Å²) in [5.74, 6) is -1.42. The minimum absolute atomic E-state index is 0.0525. The summed E-state index contributed by atoms with van der Waals surface area (Å²) in [5.41, 5.74) is 0.837. The van der Waals surface area contributed by atoms with Crippen molar-refractivity contribution in [1.82, 2.24) is 5.32 Å². The van der Waals surface area contributed by atoms with Crippen LogP contribution in [-0.4, -0.2) is 28.8 Å². The number of amides is 1. The zero-order chi connectivity index (χ0) is 15.9. The van der Waals surface area contributed by atoms with Crippen LogP contribution >= 0.6 is 0 Å². The minimum Gasteiger partial charge on any atom is -0.481 e. The lowest BCUT2D eigenvalue weighted by atomic mass is 9.95. The SMILES string of the molecule is O=C(O)CCC(=O)c1cccc(C(=O)NC2CCCCC2)c1. The number of carboxylic acids is 1. The molecule has 0 bridgehead atoms. The highest BCUT2D eigenvalue weighted by Gasteiger charge is 2.17. The van der Waals surface area contributed by atoms with Crippen molar-refractivity contribution in [2.24, 2.45) is 0 Å². The van der Waals surface area contributed by atoms with Crippen LogP contribution in [0.4, 0.5) is 0 Å². The molecule has 2 rings (SSSR count). The number of benzene rings is 1. The lowest BCUT2D eigenvalue weighted by Gasteiger charge is -2.22. The van der Waals surface area contributed by atoms with E-state index in [1.165, 1.54) is 6.42 Å². The van der Waals surface area contributed by atoms with E-state index in [0.29, 0.717) is 11.1 Å². The standard InChI is InChI=1S/C17H21NO4/c19-15(9-10-16(20)21)12-5-4-6-13(11-12)17(22)18-14-7-2-1-3-8-14/h4-6,11,14H,1-3,7-10H2,(H,18,22)(H,20,21). The van der Waals surface area contributed by atoms with Gasteiger partial charge in [0.25, 0.3) is 5.91 Å². The second-order valence-corrected chi connectivity index (χ2v) is 5.71. The molecule has 1 aliphatic carbocycles. The first-order valence-corrected chi connectivity index (χ1v) is 7.72. The van der Waals surface area contributed by atoms with Crippen LogP contribution in [-0.2, 0) is 4.79 Å². The minimum atomic E-state index is -1.00. The van der Waals surface area contributed by atoms with Crippen molar-refractivity contribution < 1.29 is 19.5 Å². The number of aliphatic carboxylic acids is 1. The molecule has 0 unspecified atom stereocenters. The second kappa shape index (κ2) is 7.73. The van der Waals surface area contributed by atoms with Gasteiger partial charge in [-0.3, -0.25) is 14.4 Å². The van der Waals surface area contributed by atoms with E-state index in [9.17, 15) is 14.4 Å². The van der Waals surface area contributed by atoms with Crippen LogP contribution < -0.4 is 5.32 Å². The van der Waals surface area contributed by atoms with Gasteiger partial charge in [-0.2, -0.15) is 0 Å². The molecule has 5 heteroatoms. The molecule has 0 atom stereocenters. The molecule has 118 valence electrons. The van der Waals surface area contributed by atoms with Crippen LogP contribution in [0, 0.1) is 0 Å². The number of carboxylic acid groups (broad SMARTS) is 1. The monoisotopic (exact) mass is 303 g/mol. The van der Waals surface area contributed by atoms with E-state index in [1.54, 1.807) is 24.3 Å². The van der Waals surface area contributed by atoms with Gasteiger partial charge in [0.1, 0.15) is 0 Å². The average molecular weight is 303 g/mol. The number of nitrogens with one attached hydrogen (secondary N) is 1. The molecule has 0 aliphatic heterocycles. The van der Waals surface area contributed by atoms with Gasteiger partial charge in [0.05, 0.1) is 6.42 Å². The van der Waals surface area contributed by atoms with Crippen molar-refractivity contribution in [3.63, 3.8) is 0 Å². The molecule has 1 aromatic rings. The number of hydrogen-bond acceptors (Lipinski definition) is 3. The quantitative estimate of drug-likeness (QED) is 0.792. The van der Waals surface area contributed by atoms with E-state index in [4.69, 9.17) is 5.11 Å². The van der Waals surface area contributed by atoms with Gasteiger partial charge in [0, 0.05) is 23.6 Å². The first-order valence-electron chi connectivity index (χ1n) is 7.72. The van der Waals surface area contributed by atoms with E-state index in [-0.39, 0.29) is 30.6 Å². The molecule has 0 heterocycles. The molecule has 5 nitrogen and oxygen atoms in total. The fourth-order valence-electron chi connectivity index (χ4n) is 2.71. The maximum absolute atomic E-state index is 12.2. The Bertz CT molecular complexity index is 562. The van der Waals surface area contributed by atoms with E-state index in [1.807, 2.05) is 0 Å². The van der Waals surface area contributed by atoms with Crippen LogP contribution in [0.1, 0.15) is 65.7 Å². The first kappa shape index (κ1) is 16.2. The van der Waals surface area contributed by atoms with Crippen LogP contribution in [0.15, 0.2) is 24.3 Å². The normalized spacial score (nSPS) is 15.3. The van der Waals surface area contributed by atoms with Gasteiger partial charge in [0.15, 0.2) is 5.78 Å². The van der Waals surface area contributed by atoms with Gasteiger partial charge in [-0.05, 0) is 25.0 Å². The topological polar surface area (TPSA) is 83.5 Å². The van der Waals surface area contributed by atoms with Gasteiger partial charge < -0.3 is 10.4 Å². The number of carbonyl (C=O) groups is 3. The van der Waals surface area contributed by atoms with Crippen molar-refractivity contribution in [2.45, 2.75) is 51.0 Å². The zero-order valence-corrected chi connectivity index (χ0v) is 12.5. The molecule has 1 aromatic carbocycles. The highest BCUT2D eigenvalue weighted by atomic mass is 16.4. The van der Waals surface area contributed by atoms with Crippen molar-refractivity contribution in [3.05, 3.63) is 35.4 Å². The zero-order valence-electron chi connectivity index (χ0n) is 12.5. The lowest BCUT2D eigenvalue weighted by molar-refractivity contribution is -0.136. The molecule has 22 heavy (non-hydrogen) atoms. The highest BCUT2D eigenvalue weighted by Crippen LogP contribution is 2.18. The van der Waals surface area contributed by atoms with Crippen LogP contribution in [0.2, 0.25) is 0 Å². The molecule has 1 fully saturated rings. The summed E-state index contributed by atoms with van der Waals surface area (Å²) in [6, 6.07) is 6.70. The fourth-order valence-corrected chi connectivity index (χ4v) is 2.71. The van der Waals surface area contributed by atoms with Crippen molar-refractivity contribution >= 4 is 17.7 Å². The Labute approximate surface area is 129 Å². The largest absolute Gasteiger partial charge is 0.481 e. The Balaban J connectivity index is 1.99. The van der Waals surface area contributed by atoms with E-state index in [2.05, 4.69) is 5.32 Å². The predicted molar refractivity (Wildman–Crippen MR) is 82.0 cm³/mol. The van der Waals surface area contributed by atoms with Crippen molar-refractivity contribution in [3.8, 4) is 0 Å². The maximum atomic E-state index is 12.2. The summed E-state index contributed by atoms with van der Waals surface area (Å²) in [7, 11) is 0. The Morgan fingerprint density at radius 1 is 1.05 bits per heavy atom. The molecule has 0 aromatic heterocycles. The van der Waals surface area contributed by atoms with Crippen LogP contribution in [0.5, 0.6) is 0 Å². The summed E-state index contributed by atoms with van der Waals surface area (Å²) < 4.78 is 0. The van der Waals surface area contributed by atoms with Gasteiger partial charge in [-0.1, -0.05) is 31.4 Å². The number of ketones is 1. The summed E-state index contributed by atoms with van der Waals surface area (Å²) >= 11 is 0. The Kier molecular flexibility index (Phi) is 5.69. The van der Waals surface area contributed by atoms with E-state index >= 15 is 0 Å². The molecule has 1 saturated carbocycles. The van der Waals surface area contributed by atoms with Crippen molar-refractivity contribution in [1.29, 1.82) is 0 Å². The lowest BCUT2D eigenvalue weighted by Crippen LogP contribution is -2.36. The third-order valence-corrected chi connectivity index (χ3v) is 3.95. The van der Waals surface area contributed by atoms with Crippen molar-refractivity contribution in [2.75, 3.05) is 0 Å². The van der Waals surface area contributed by atoms with E-state index < -0.39 is 5.97 Å². The Morgan fingerprint density at radius 2 is 1.73 bits per heavy atom. The van der Waals surface area contributed by atoms with Gasteiger partial charge >= 0.3 is 5.97 Å². The molecule has 2 N–H and O–H groups in total. The summed E-state index contributed by atoms with van der Waals surface area (Å²) in [6.07, 6.45) is 5.25. The number of hydrogen-bond donors (Lipinski definition) is 2. The Hall–Kier alpha value is -2.17. The first-order chi connectivity index (χ1) is 10.6. The third-order valence-electron chi connectivity index (χ3n) is 3.95. The third kappa shape index (κ3) is 4.69. The van der Waals surface area contributed by atoms with Gasteiger partial charge in [0.2, 0.25) is 0 Å². The summed E-state index contributed by atoms with van der Waals surface area (Å²) in [4.78, 5) is 34.7. The second-order valence-electron chi connectivity index (χ2n) is 5.71. The summed E-state index contributed by atoms with van der Waals surface area (Å²) in [6.45, 7) is 0. The predicted octanol–water partition coefficient (Wildman–Crippen LogP) is 2.80. The molecule has 0 saturated heterocycles. The molecule has 1 amide bonds. The fraction of sp³-hybridized carbons (Fsp3) is 0.471. The molecule has 0 spiro atoms. The smallest absolute Gasteiger partial charge is 0.303 e. The average Bonchev–Trinajstić information content (AvgIpc) is 2.53. The number of carbonyl (C=O) groups excluding carboxylic acids is 2. The van der Waals surface area contributed by atoms with Crippen LogP contribution in [0.3, 0.4) is 0 Å². The molecule has 0 radical (unpaired) electrons. The number of rotatable bonds is 6. The van der Waals surface area contributed by atoms with Gasteiger partial charge in [-0.25, -0.2) is 0 Å². The molecular weight excluding hydrogens is 282 g/mol. The van der Waals surface area contributed by atoms with E-state index in [0.717, 1.165) is 25.7 Å². The summed E-state index contributed by atoms with van der Waals surface area (Å²) in [5, 5.41) is 11.6. The van der Waals surface area contributed by atoms with Crippen LogP contribution in [0.25, 0.3) is 0 Å². The molecular formula is C17H21NO4. The Morgan fingerprint density at radius 3 is 2.41 bits per heavy atom.